The average molecular weight is 1090 g/mol. The molecule has 0 spiro atoms. The number of fused-ring (bicyclic) bond motifs is 2. The predicted octanol–water partition coefficient (Wildman–Crippen LogP) is 18.7. The predicted molar refractivity (Wildman–Crippen MR) is 320 cm³/mol. The van der Waals surface area contributed by atoms with Gasteiger partial charge >= 0.3 is 0 Å². The first-order chi connectivity index (χ1) is 39.3. The number of nitrogens with zero attached hydrogens (tertiary/aromatic N) is 4. The minimum atomic E-state index is 0.702. The molecule has 0 radical (unpaired) electrons. The standard InChI is InChI=1S/C66H50N4O8S2/c1-71-49-23-31-57(32-24-49)75-53-15-5-43(6-16-53)69(44-7-17-54(18-8-44)76-58-33-25-50(72-2)26-34-58)47-13-39-63-61(41-47)67-65(79-63)66-68-62-42-48(14-40-64(62)80-66)70(45-9-19-55(20-10-45)77-59-35-27-51(73-3)28-36-59)46-11-21-56(22-12-46)78-60-37-29-52(74-4)30-38-60/h5-42H,1-4H3. The van der Waals surface area contributed by atoms with Crippen molar-refractivity contribution in [1.29, 1.82) is 0 Å². The SMILES string of the molecule is COc1ccc(Oc2ccc(N(c3ccc(Oc4ccc(OC)cc4)cc3)c3ccc4sc(-c5nc6cc(N(c7ccc(Oc8ccc(OC)cc8)cc7)c7ccc(Oc8ccc(OC)cc8)cc7)ccc6s5)nc4c3)cc2)cc1. The van der Waals surface area contributed by atoms with Crippen LogP contribution in [0.1, 0.15) is 0 Å². The van der Waals surface area contributed by atoms with Gasteiger partial charge in [0.25, 0.3) is 0 Å². The summed E-state index contributed by atoms with van der Waals surface area (Å²) in [5, 5.41) is 1.67. The van der Waals surface area contributed by atoms with E-state index in [0.29, 0.717) is 46.0 Å². The van der Waals surface area contributed by atoms with Crippen LogP contribution < -0.4 is 47.7 Å². The lowest BCUT2D eigenvalue weighted by atomic mass is 10.1. The van der Waals surface area contributed by atoms with Gasteiger partial charge in [0.2, 0.25) is 0 Å². The summed E-state index contributed by atoms with van der Waals surface area (Å²) >= 11 is 3.24. The highest BCUT2D eigenvalue weighted by molar-refractivity contribution is 7.27. The zero-order chi connectivity index (χ0) is 54.4. The number of benzene rings is 10. The molecule has 0 unspecified atom stereocenters. The maximum atomic E-state index is 6.22. The molecule has 0 amide bonds. The summed E-state index contributed by atoms with van der Waals surface area (Å²) in [7, 11) is 6.58. The summed E-state index contributed by atoms with van der Waals surface area (Å²) in [6.45, 7) is 0. The summed E-state index contributed by atoms with van der Waals surface area (Å²) in [4.78, 5) is 14.9. The molecule has 12 rings (SSSR count). The van der Waals surface area contributed by atoms with E-state index >= 15 is 0 Å². The summed E-state index contributed by atoms with van der Waals surface area (Å²) in [5.41, 5.74) is 7.28. The minimum Gasteiger partial charge on any atom is -0.497 e. The van der Waals surface area contributed by atoms with Crippen LogP contribution in [-0.4, -0.2) is 38.4 Å². The van der Waals surface area contributed by atoms with Gasteiger partial charge in [0, 0.05) is 34.1 Å². The summed E-state index contributed by atoms with van der Waals surface area (Å²) < 4.78 is 48.3. The topological polar surface area (TPSA) is 106 Å². The molecule has 0 N–H and O–H groups in total. The molecule has 0 atom stereocenters. The van der Waals surface area contributed by atoms with E-state index in [1.54, 1.807) is 51.1 Å². The van der Waals surface area contributed by atoms with Gasteiger partial charge in [-0.05, 0) is 231 Å². The van der Waals surface area contributed by atoms with Gasteiger partial charge in [-0.2, -0.15) is 0 Å². The van der Waals surface area contributed by atoms with Crippen molar-refractivity contribution in [2.45, 2.75) is 0 Å². The quantitative estimate of drug-likeness (QED) is 0.0770. The Bertz CT molecular complexity index is 3570. The summed E-state index contributed by atoms with van der Waals surface area (Å²) in [6, 6.07) is 75.0. The molecule has 2 aromatic heterocycles. The van der Waals surface area contributed by atoms with Crippen molar-refractivity contribution in [3.63, 3.8) is 0 Å². The van der Waals surface area contributed by atoms with E-state index in [4.69, 9.17) is 47.9 Å². The molecule has 80 heavy (non-hydrogen) atoms. The van der Waals surface area contributed by atoms with E-state index in [-0.39, 0.29) is 0 Å². The first-order valence-electron chi connectivity index (χ1n) is 25.4. The molecule has 0 saturated carbocycles. The van der Waals surface area contributed by atoms with E-state index in [0.717, 1.165) is 87.6 Å². The van der Waals surface area contributed by atoms with E-state index in [1.807, 2.05) is 146 Å². The number of anilines is 6. The number of rotatable bonds is 19. The van der Waals surface area contributed by atoms with Crippen molar-refractivity contribution in [3.05, 3.63) is 231 Å². The second kappa shape index (κ2) is 22.9. The molecule has 12 nitrogen and oxygen atoms in total. The van der Waals surface area contributed by atoms with Crippen molar-refractivity contribution in [3.8, 4) is 79.0 Å². The molecule has 2 heterocycles. The minimum absolute atomic E-state index is 0.702. The summed E-state index contributed by atoms with van der Waals surface area (Å²) in [6.07, 6.45) is 0. The molecule has 0 fully saturated rings. The Morgan fingerprint density at radius 1 is 0.250 bits per heavy atom. The molecule has 394 valence electrons. The summed E-state index contributed by atoms with van der Waals surface area (Å²) in [5.74, 6) is 8.70. The molecular formula is C66H50N4O8S2. The second-order valence-electron chi connectivity index (χ2n) is 18.1. The monoisotopic (exact) mass is 1090 g/mol. The van der Waals surface area contributed by atoms with Crippen molar-refractivity contribution >= 4 is 77.2 Å². The molecule has 0 aliphatic carbocycles. The highest BCUT2D eigenvalue weighted by atomic mass is 32.1. The fraction of sp³-hybridized carbons (Fsp3) is 0.0606. The van der Waals surface area contributed by atoms with Crippen LogP contribution in [0.2, 0.25) is 0 Å². The Morgan fingerprint density at radius 3 is 0.675 bits per heavy atom. The van der Waals surface area contributed by atoms with Crippen LogP contribution in [-0.2, 0) is 0 Å². The van der Waals surface area contributed by atoms with Gasteiger partial charge < -0.3 is 47.7 Å². The number of aromatic nitrogens is 2. The van der Waals surface area contributed by atoms with Crippen LogP contribution in [0, 0.1) is 0 Å². The molecule has 12 aromatic rings. The first kappa shape index (κ1) is 50.8. The highest BCUT2D eigenvalue weighted by Crippen LogP contribution is 2.44. The molecule has 0 aliphatic rings. The van der Waals surface area contributed by atoms with Gasteiger partial charge in [0.1, 0.15) is 69.0 Å². The van der Waals surface area contributed by atoms with E-state index in [2.05, 4.69) is 94.7 Å². The van der Waals surface area contributed by atoms with Crippen LogP contribution >= 0.6 is 22.7 Å². The Hall–Kier alpha value is -10.0. The molecule has 14 heteroatoms. The van der Waals surface area contributed by atoms with Crippen LogP contribution in [0.3, 0.4) is 0 Å². The lowest BCUT2D eigenvalue weighted by molar-refractivity contribution is 0.412. The fourth-order valence-electron chi connectivity index (χ4n) is 8.96. The molecule has 0 aliphatic heterocycles. The highest BCUT2D eigenvalue weighted by Gasteiger charge is 2.20. The van der Waals surface area contributed by atoms with Crippen LogP contribution in [0.4, 0.5) is 34.1 Å². The fourth-order valence-corrected chi connectivity index (χ4v) is 10.9. The number of hydrogen-bond donors (Lipinski definition) is 0. The average Bonchev–Trinajstić information content (AvgIpc) is 4.15. The molecule has 10 aromatic carbocycles. The van der Waals surface area contributed by atoms with Crippen LogP contribution in [0.25, 0.3) is 30.4 Å². The number of thiazole rings is 2. The van der Waals surface area contributed by atoms with Crippen molar-refractivity contribution in [1.82, 2.24) is 9.97 Å². The van der Waals surface area contributed by atoms with Gasteiger partial charge in [-0.3, -0.25) is 0 Å². The third kappa shape index (κ3) is 11.3. The van der Waals surface area contributed by atoms with Crippen molar-refractivity contribution < 1.29 is 37.9 Å². The smallest absolute Gasteiger partial charge is 0.153 e. The van der Waals surface area contributed by atoms with Gasteiger partial charge in [-0.1, -0.05) is 0 Å². The molecule has 0 saturated heterocycles. The largest absolute Gasteiger partial charge is 0.497 e. The normalized spacial score (nSPS) is 11.0. The van der Waals surface area contributed by atoms with Crippen molar-refractivity contribution in [2.75, 3.05) is 38.2 Å². The van der Waals surface area contributed by atoms with E-state index in [9.17, 15) is 0 Å². The molecule has 0 bridgehead atoms. The van der Waals surface area contributed by atoms with Gasteiger partial charge in [-0.15, -0.1) is 22.7 Å². The third-order valence-electron chi connectivity index (χ3n) is 13.0. The van der Waals surface area contributed by atoms with Crippen LogP contribution in [0.5, 0.6) is 69.0 Å². The number of hydrogen-bond acceptors (Lipinski definition) is 14. The Morgan fingerprint density at radius 2 is 0.450 bits per heavy atom. The Balaban J connectivity index is 0.842. The Labute approximate surface area is 470 Å². The lowest BCUT2D eigenvalue weighted by Gasteiger charge is -2.26. The number of methoxy groups -OCH3 is 4. The lowest BCUT2D eigenvalue weighted by Crippen LogP contribution is -2.09. The zero-order valence-corrected chi connectivity index (χ0v) is 45.4. The van der Waals surface area contributed by atoms with Crippen molar-refractivity contribution in [2.24, 2.45) is 0 Å². The molecular weight excluding hydrogens is 1040 g/mol. The maximum Gasteiger partial charge on any atom is 0.153 e. The van der Waals surface area contributed by atoms with Gasteiger partial charge in [-0.25, -0.2) is 9.97 Å². The second-order valence-corrected chi connectivity index (χ2v) is 20.2. The van der Waals surface area contributed by atoms with Crippen LogP contribution in [0.15, 0.2) is 231 Å². The maximum absolute atomic E-state index is 6.22. The number of ether oxygens (including phenoxy) is 8. The third-order valence-corrected chi connectivity index (χ3v) is 15.2. The Kier molecular flexibility index (Phi) is 14.5. The first-order valence-corrected chi connectivity index (χ1v) is 27.1. The van der Waals surface area contributed by atoms with E-state index in [1.165, 1.54) is 0 Å². The zero-order valence-electron chi connectivity index (χ0n) is 43.8. The van der Waals surface area contributed by atoms with Gasteiger partial charge in [0.05, 0.1) is 48.9 Å². The van der Waals surface area contributed by atoms with E-state index < -0.39 is 0 Å². The van der Waals surface area contributed by atoms with Gasteiger partial charge in [0.15, 0.2) is 10.0 Å².